The van der Waals surface area contributed by atoms with Crippen LogP contribution in [0.4, 0.5) is 0 Å². The van der Waals surface area contributed by atoms with Crippen LogP contribution in [0, 0.1) is 0 Å². The van der Waals surface area contributed by atoms with E-state index in [2.05, 4.69) is 25.7 Å². The lowest BCUT2D eigenvalue weighted by Crippen LogP contribution is -2.51. The second-order valence-corrected chi connectivity index (χ2v) is 5.05. The summed E-state index contributed by atoms with van der Waals surface area (Å²) in [6.07, 6.45) is 5.06. The number of hydrogen-bond donors (Lipinski definition) is 0. The van der Waals surface area contributed by atoms with Crippen LogP contribution in [0.25, 0.3) is 0 Å². The second-order valence-electron chi connectivity index (χ2n) is 4.27. The summed E-state index contributed by atoms with van der Waals surface area (Å²) >= 11 is 1.39. The maximum absolute atomic E-state index is 12.0. The molecule has 0 radical (unpaired) electrons. The van der Waals surface area contributed by atoms with Crippen LogP contribution in [0.2, 0.25) is 0 Å². The van der Waals surface area contributed by atoms with Gasteiger partial charge >= 0.3 is 0 Å². The first-order valence-electron chi connectivity index (χ1n) is 5.43. The van der Waals surface area contributed by atoms with Crippen molar-refractivity contribution in [3.8, 4) is 0 Å². The molecule has 1 rings (SSSR count). The highest BCUT2D eigenvalue weighted by molar-refractivity contribution is 8.13. The third kappa shape index (κ3) is 1.84. The predicted molar refractivity (Wildman–Crippen MR) is 62.6 cm³/mol. The van der Waals surface area contributed by atoms with Crippen molar-refractivity contribution in [3.05, 3.63) is 0 Å². The first-order chi connectivity index (χ1) is 6.58. The van der Waals surface area contributed by atoms with Crippen molar-refractivity contribution in [2.45, 2.75) is 51.6 Å². The average Bonchev–Trinajstić information content (AvgIpc) is 2.61. The Hall–Kier alpha value is -0.0200. The molecule has 1 fully saturated rings. The minimum absolute atomic E-state index is 0.159. The molecule has 0 bridgehead atoms. The van der Waals surface area contributed by atoms with Gasteiger partial charge in [-0.1, -0.05) is 18.7 Å². The molecule has 0 spiro atoms. The Morgan fingerprint density at radius 2 is 2.21 bits per heavy atom. The van der Waals surface area contributed by atoms with Crippen molar-refractivity contribution in [2.75, 3.05) is 12.8 Å². The third-order valence-electron chi connectivity index (χ3n) is 3.31. The van der Waals surface area contributed by atoms with Gasteiger partial charge in [0.25, 0.3) is 0 Å². The van der Waals surface area contributed by atoms with Gasteiger partial charge in [0.1, 0.15) is 0 Å². The van der Waals surface area contributed by atoms with E-state index in [1.165, 1.54) is 18.2 Å². The molecule has 0 N–H and O–H groups in total. The predicted octanol–water partition coefficient (Wildman–Crippen LogP) is 2.53. The summed E-state index contributed by atoms with van der Waals surface area (Å²) in [5.41, 5.74) is -0.159. The lowest BCUT2D eigenvalue weighted by atomic mass is 9.93. The van der Waals surface area contributed by atoms with Gasteiger partial charge in [-0.25, -0.2) is 0 Å². The molecule has 82 valence electrons. The average molecular weight is 215 g/mol. The fraction of sp³-hybridized carbons (Fsp3) is 0.909. The molecular formula is C11H21NOS. The largest absolute Gasteiger partial charge is 0.288 e. The first kappa shape index (κ1) is 12.1. The smallest absolute Gasteiger partial charge is 0.208 e. The number of carbonyl (C=O) groups excluding carboxylic acids is 1. The molecule has 0 amide bonds. The summed E-state index contributed by atoms with van der Waals surface area (Å²) in [4.78, 5) is 14.4. The lowest BCUT2D eigenvalue weighted by Gasteiger charge is -2.38. The first-order valence-corrected chi connectivity index (χ1v) is 6.66. The zero-order chi connectivity index (χ0) is 10.8. The van der Waals surface area contributed by atoms with E-state index >= 15 is 0 Å². The van der Waals surface area contributed by atoms with Gasteiger partial charge in [0.15, 0.2) is 0 Å². The van der Waals surface area contributed by atoms with Gasteiger partial charge < -0.3 is 0 Å². The van der Waals surface area contributed by atoms with Crippen LogP contribution in [0.3, 0.4) is 0 Å². The van der Waals surface area contributed by atoms with E-state index in [-0.39, 0.29) is 5.54 Å². The molecule has 1 aliphatic rings. The van der Waals surface area contributed by atoms with Gasteiger partial charge in [0, 0.05) is 6.04 Å². The van der Waals surface area contributed by atoms with E-state index in [4.69, 9.17) is 0 Å². The van der Waals surface area contributed by atoms with E-state index < -0.39 is 0 Å². The summed E-state index contributed by atoms with van der Waals surface area (Å²) < 4.78 is 0. The quantitative estimate of drug-likeness (QED) is 0.721. The van der Waals surface area contributed by atoms with Crippen LogP contribution in [0.15, 0.2) is 0 Å². The topological polar surface area (TPSA) is 20.3 Å². The summed E-state index contributed by atoms with van der Waals surface area (Å²) in [5, 5.41) is 0.353. The molecule has 2 nitrogen and oxygen atoms in total. The van der Waals surface area contributed by atoms with E-state index in [1.54, 1.807) is 0 Å². The van der Waals surface area contributed by atoms with Gasteiger partial charge in [-0.3, -0.25) is 9.69 Å². The Labute approximate surface area is 91.4 Å². The SMILES string of the molecule is CCC1(C(=O)SC)CCCN1C(C)C. The fourth-order valence-electron chi connectivity index (χ4n) is 2.59. The minimum Gasteiger partial charge on any atom is -0.288 e. The molecule has 1 heterocycles. The Morgan fingerprint density at radius 1 is 1.57 bits per heavy atom. The van der Waals surface area contributed by atoms with Crippen molar-refractivity contribution >= 4 is 16.9 Å². The Kier molecular flexibility index (Phi) is 4.02. The number of nitrogens with zero attached hydrogens (tertiary/aromatic N) is 1. The van der Waals surface area contributed by atoms with Crippen LogP contribution >= 0.6 is 11.8 Å². The second kappa shape index (κ2) is 4.67. The third-order valence-corrected chi connectivity index (χ3v) is 4.06. The van der Waals surface area contributed by atoms with Crippen LogP contribution in [0.1, 0.15) is 40.0 Å². The molecule has 0 aromatic heterocycles. The minimum atomic E-state index is -0.159. The van der Waals surface area contributed by atoms with Gasteiger partial charge in [-0.05, 0) is 45.9 Å². The van der Waals surface area contributed by atoms with Crippen molar-refractivity contribution in [1.82, 2.24) is 4.90 Å². The van der Waals surface area contributed by atoms with Crippen LogP contribution in [0.5, 0.6) is 0 Å². The maximum atomic E-state index is 12.0. The molecule has 0 saturated carbocycles. The van der Waals surface area contributed by atoms with Crippen molar-refractivity contribution in [3.63, 3.8) is 0 Å². The maximum Gasteiger partial charge on any atom is 0.208 e. The van der Waals surface area contributed by atoms with Gasteiger partial charge in [0.2, 0.25) is 5.12 Å². The normalized spacial score (nSPS) is 28.6. The zero-order valence-corrected chi connectivity index (χ0v) is 10.5. The monoisotopic (exact) mass is 215 g/mol. The molecule has 0 aliphatic carbocycles. The number of carbonyl (C=O) groups is 1. The molecule has 1 saturated heterocycles. The summed E-state index contributed by atoms with van der Waals surface area (Å²) in [6, 6.07) is 0.480. The Morgan fingerprint density at radius 3 is 2.64 bits per heavy atom. The molecule has 1 aliphatic heterocycles. The molecule has 0 aromatic carbocycles. The standard InChI is InChI=1S/C11H21NOS/c1-5-11(10(13)14-4)7-6-8-12(11)9(2)3/h9H,5-8H2,1-4H3. The number of likely N-dealkylation sites (tertiary alicyclic amines) is 1. The number of rotatable bonds is 3. The Bertz CT molecular complexity index is 217. The highest BCUT2D eigenvalue weighted by Gasteiger charge is 2.46. The highest BCUT2D eigenvalue weighted by Crippen LogP contribution is 2.37. The lowest BCUT2D eigenvalue weighted by molar-refractivity contribution is -0.121. The molecule has 1 atom stereocenters. The molecular weight excluding hydrogens is 194 g/mol. The summed E-state index contributed by atoms with van der Waals surface area (Å²) in [5.74, 6) is 0. The van der Waals surface area contributed by atoms with E-state index in [0.29, 0.717) is 11.2 Å². The Balaban J connectivity index is 2.91. The van der Waals surface area contributed by atoms with Crippen LogP contribution in [-0.4, -0.2) is 34.4 Å². The zero-order valence-electron chi connectivity index (χ0n) is 9.67. The van der Waals surface area contributed by atoms with Gasteiger partial charge in [0.05, 0.1) is 5.54 Å². The van der Waals surface area contributed by atoms with Crippen molar-refractivity contribution in [2.24, 2.45) is 0 Å². The molecule has 1 unspecified atom stereocenters. The van der Waals surface area contributed by atoms with E-state index in [1.807, 2.05) is 6.26 Å². The summed E-state index contributed by atoms with van der Waals surface area (Å²) in [6.45, 7) is 7.58. The van der Waals surface area contributed by atoms with E-state index in [0.717, 1.165) is 19.4 Å². The summed E-state index contributed by atoms with van der Waals surface area (Å²) in [7, 11) is 0. The van der Waals surface area contributed by atoms with Gasteiger partial charge in [-0.2, -0.15) is 0 Å². The van der Waals surface area contributed by atoms with Crippen molar-refractivity contribution in [1.29, 1.82) is 0 Å². The molecule has 3 heteroatoms. The molecule has 0 aromatic rings. The molecule has 14 heavy (non-hydrogen) atoms. The number of hydrogen-bond acceptors (Lipinski definition) is 3. The highest BCUT2D eigenvalue weighted by atomic mass is 32.2. The fourth-order valence-corrected chi connectivity index (χ4v) is 3.33. The van der Waals surface area contributed by atoms with E-state index in [9.17, 15) is 4.79 Å². The van der Waals surface area contributed by atoms with Gasteiger partial charge in [-0.15, -0.1) is 0 Å². The van der Waals surface area contributed by atoms with Crippen molar-refractivity contribution < 1.29 is 4.79 Å². The van der Waals surface area contributed by atoms with Crippen LogP contribution < -0.4 is 0 Å². The number of thioether (sulfide) groups is 1. The van der Waals surface area contributed by atoms with Crippen LogP contribution in [-0.2, 0) is 4.79 Å².